The van der Waals surface area contributed by atoms with Gasteiger partial charge in [0.2, 0.25) is 5.88 Å². The van der Waals surface area contributed by atoms with Crippen LogP contribution < -0.4 is 9.46 Å². The van der Waals surface area contributed by atoms with Crippen LogP contribution in [0.15, 0.2) is 66.0 Å². The molecule has 9 nitrogen and oxygen atoms in total. The molecule has 0 aliphatic heterocycles. The van der Waals surface area contributed by atoms with Crippen LogP contribution in [-0.2, 0) is 10.0 Å². The number of hydrogen-bond donors (Lipinski definition) is 1. The third-order valence-electron chi connectivity index (χ3n) is 3.54. The lowest BCUT2D eigenvalue weighted by Gasteiger charge is -2.11. The Morgan fingerprint density at radius 2 is 1.85 bits per heavy atom. The van der Waals surface area contributed by atoms with Crippen molar-refractivity contribution in [2.24, 2.45) is 0 Å². The first-order valence-electron chi connectivity index (χ1n) is 7.67. The van der Waals surface area contributed by atoms with Gasteiger partial charge in [-0.1, -0.05) is 6.07 Å². The highest BCUT2D eigenvalue weighted by molar-refractivity contribution is 7.92. The van der Waals surface area contributed by atoms with E-state index in [1.807, 2.05) is 0 Å². The zero-order chi connectivity index (χ0) is 19.4. The molecule has 0 saturated carbocycles. The molecule has 0 aliphatic rings. The van der Waals surface area contributed by atoms with Crippen LogP contribution in [0.25, 0.3) is 0 Å². The molecule has 1 heterocycles. The number of ether oxygens (including phenoxy) is 1. The van der Waals surface area contributed by atoms with E-state index in [0.29, 0.717) is 17.2 Å². The van der Waals surface area contributed by atoms with Crippen molar-refractivity contribution in [2.45, 2.75) is 11.8 Å². The number of nitro benzene ring substituents is 1. The van der Waals surface area contributed by atoms with Crippen LogP contribution in [0.5, 0.6) is 11.6 Å². The van der Waals surface area contributed by atoms with E-state index in [4.69, 9.17) is 4.74 Å². The van der Waals surface area contributed by atoms with Gasteiger partial charge >= 0.3 is 0 Å². The monoisotopic (exact) mass is 386 g/mol. The maximum absolute atomic E-state index is 12.6. The van der Waals surface area contributed by atoms with Crippen LogP contribution in [-0.4, -0.2) is 23.3 Å². The van der Waals surface area contributed by atoms with Crippen LogP contribution >= 0.6 is 0 Å². The Morgan fingerprint density at radius 1 is 1.11 bits per heavy atom. The molecule has 0 amide bonds. The molecule has 27 heavy (non-hydrogen) atoms. The predicted molar refractivity (Wildman–Crippen MR) is 97.2 cm³/mol. The summed E-state index contributed by atoms with van der Waals surface area (Å²) in [4.78, 5) is 18.0. The number of non-ortho nitro benzene ring substituents is 1. The fourth-order valence-electron chi connectivity index (χ4n) is 2.25. The molecule has 0 atom stereocenters. The standard InChI is InChI=1S/C17H14N4O5S/c1-12-2-5-14(21(22)23)10-16(12)27(24,25)20-13-3-6-15(7-4-13)26-17-11-18-8-9-19-17/h2-11,20H,1H3. The normalized spacial score (nSPS) is 11.0. The predicted octanol–water partition coefficient (Wildman–Crippen LogP) is 3.29. The number of nitrogens with zero attached hydrogens (tertiary/aromatic N) is 3. The van der Waals surface area contributed by atoms with E-state index in [9.17, 15) is 18.5 Å². The van der Waals surface area contributed by atoms with Gasteiger partial charge in [-0.3, -0.25) is 19.8 Å². The molecule has 3 aromatic rings. The fraction of sp³-hybridized carbons (Fsp3) is 0.0588. The molecule has 138 valence electrons. The van der Waals surface area contributed by atoms with Crippen molar-refractivity contribution in [1.29, 1.82) is 0 Å². The Morgan fingerprint density at radius 3 is 2.48 bits per heavy atom. The van der Waals surface area contributed by atoms with Crippen molar-refractivity contribution in [3.8, 4) is 11.6 Å². The third kappa shape index (κ3) is 4.36. The van der Waals surface area contributed by atoms with Crippen LogP contribution in [0.4, 0.5) is 11.4 Å². The average Bonchev–Trinajstić information content (AvgIpc) is 2.64. The zero-order valence-corrected chi connectivity index (χ0v) is 14.9. The molecule has 1 aromatic heterocycles. The smallest absolute Gasteiger partial charge is 0.270 e. The van der Waals surface area contributed by atoms with Crippen molar-refractivity contribution in [1.82, 2.24) is 9.97 Å². The quantitative estimate of drug-likeness (QED) is 0.509. The molecule has 10 heteroatoms. The van der Waals surface area contributed by atoms with Crippen molar-refractivity contribution in [3.63, 3.8) is 0 Å². The number of rotatable bonds is 6. The molecule has 0 spiro atoms. The zero-order valence-electron chi connectivity index (χ0n) is 14.1. The Kier molecular flexibility index (Phi) is 4.99. The summed E-state index contributed by atoms with van der Waals surface area (Å²) in [6, 6.07) is 9.83. The fourth-order valence-corrected chi connectivity index (χ4v) is 3.58. The van der Waals surface area contributed by atoms with Crippen molar-refractivity contribution >= 4 is 21.4 Å². The maximum Gasteiger partial charge on any atom is 0.270 e. The van der Waals surface area contributed by atoms with Gasteiger partial charge in [0.1, 0.15) is 5.75 Å². The number of nitrogens with one attached hydrogen (secondary N) is 1. The van der Waals surface area contributed by atoms with E-state index in [-0.39, 0.29) is 16.3 Å². The van der Waals surface area contributed by atoms with E-state index in [1.54, 1.807) is 19.1 Å². The van der Waals surface area contributed by atoms with Crippen molar-refractivity contribution < 1.29 is 18.1 Å². The Labute approximate surface area is 154 Å². The van der Waals surface area contributed by atoms with Gasteiger partial charge in [-0.15, -0.1) is 0 Å². The summed E-state index contributed by atoms with van der Waals surface area (Å²) in [5.41, 5.74) is 0.386. The third-order valence-corrected chi connectivity index (χ3v) is 5.06. The minimum absolute atomic E-state index is 0.156. The number of nitro groups is 1. The summed E-state index contributed by atoms with van der Waals surface area (Å²) in [5.74, 6) is 0.753. The second-order valence-corrected chi connectivity index (χ2v) is 7.13. The van der Waals surface area contributed by atoms with E-state index < -0.39 is 14.9 Å². The Hall–Kier alpha value is -3.53. The Balaban J connectivity index is 1.80. The molecule has 0 fully saturated rings. The second-order valence-electron chi connectivity index (χ2n) is 5.48. The van der Waals surface area contributed by atoms with Gasteiger partial charge < -0.3 is 4.74 Å². The van der Waals surface area contributed by atoms with Crippen LogP contribution in [0.2, 0.25) is 0 Å². The molecule has 0 bridgehead atoms. The van der Waals surface area contributed by atoms with E-state index in [0.717, 1.165) is 6.07 Å². The number of sulfonamides is 1. The first-order valence-corrected chi connectivity index (χ1v) is 9.15. The second kappa shape index (κ2) is 7.38. The SMILES string of the molecule is Cc1ccc([N+](=O)[O-])cc1S(=O)(=O)Nc1ccc(Oc2cnccn2)cc1. The molecule has 1 N–H and O–H groups in total. The maximum atomic E-state index is 12.6. The van der Waals surface area contributed by atoms with Gasteiger partial charge in [-0.05, 0) is 36.8 Å². The summed E-state index contributed by atoms with van der Waals surface area (Å²) in [5, 5.41) is 10.9. The summed E-state index contributed by atoms with van der Waals surface area (Å²) in [7, 11) is -3.99. The molecule has 0 radical (unpaired) electrons. The number of benzene rings is 2. The molecule has 2 aromatic carbocycles. The molecule has 0 aliphatic carbocycles. The Bertz CT molecular complexity index is 1070. The lowest BCUT2D eigenvalue weighted by atomic mass is 10.2. The van der Waals surface area contributed by atoms with E-state index >= 15 is 0 Å². The van der Waals surface area contributed by atoms with Gasteiger partial charge in [-0.25, -0.2) is 13.4 Å². The van der Waals surface area contributed by atoms with Crippen molar-refractivity contribution in [3.05, 3.63) is 76.7 Å². The molecule has 3 rings (SSSR count). The van der Waals surface area contributed by atoms with Gasteiger partial charge in [0, 0.05) is 30.2 Å². The highest BCUT2D eigenvalue weighted by Gasteiger charge is 2.20. The number of aryl methyl sites for hydroxylation is 1. The highest BCUT2D eigenvalue weighted by atomic mass is 32.2. The number of aromatic nitrogens is 2. The van der Waals surface area contributed by atoms with Gasteiger partial charge in [0.05, 0.1) is 16.0 Å². The van der Waals surface area contributed by atoms with Gasteiger partial charge in [0.15, 0.2) is 0 Å². The molecular formula is C17H14N4O5S. The minimum Gasteiger partial charge on any atom is -0.438 e. The highest BCUT2D eigenvalue weighted by Crippen LogP contribution is 2.26. The largest absolute Gasteiger partial charge is 0.438 e. The first-order chi connectivity index (χ1) is 12.8. The minimum atomic E-state index is -3.99. The lowest BCUT2D eigenvalue weighted by molar-refractivity contribution is -0.385. The summed E-state index contributed by atoms with van der Waals surface area (Å²) in [6.07, 6.45) is 4.45. The topological polar surface area (TPSA) is 124 Å². The average molecular weight is 386 g/mol. The molecule has 0 saturated heterocycles. The molecular weight excluding hydrogens is 372 g/mol. The molecule has 0 unspecified atom stereocenters. The summed E-state index contributed by atoms with van der Waals surface area (Å²) < 4.78 is 33.1. The van der Waals surface area contributed by atoms with E-state index in [1.165, 1.54) is 42.9 Å². The number of hydrogen-bond acceptors (Lipinski definition) is 7. The first kappa shape index (κ1) is 18.3. The van der Waals surface area contributed by atoms with Crippen LogP contribution in [0.3, 0.4) is 0 Å². The lowest BCUT2D eigenvalue weighted by Crippen LogP contribution is -2.14. The summed E-state index contributed by atoms with van der Waals surface area (Å²) in [6.45, 7) is 1.57. The number of anilines is 1. The summed E-state index contributed by atoms with van der Waals surface area (Å²) >= 11 is 0. The van der Waals surface area contributed by atoms with Crippen LogP contribution in [0, 0.1) is 17.0 Å². The van der Waals surface area contributed by atoms with Crippen LogP contribution in [0.1, 0.15) is 5.56 Å². The van der Waals surface area contributed by atoms with Gasteiger partial charge in [-0.2, -0.15) is 0 Å². The van der Waals surface area contributed by atoms with Crippen molar-refractivity contribution in [2.75, 3.05) is 4.72 Å². The van der Waals surface area contributed by atoms with Gasteiger partial charge in [0.25, 0.3) is 15.7 Å². The van der Waals surface area contributed by atoms with E-state index in [2.05, 4.69) is 14.7 Å².